The van der Waals surface area contributed by atoms with Crippen LogP contribution in [0.4, 0.5) is 11.5 Å². The number of hydrogen-bond acceptors (Lipinski definition) is 5. The van der Waals surface area contributed by atoms with Crippen LogP contribution >= 0.6 is 11.8 Å². The van der Waals surface area contributed by atoms with Gasteiger partial charge in [-0.25, -0.2) is 14.8 Å². The first-order chi connectivity index (χ1) is 10.5. The molecule has 1 atom stereocenters. The van der Waals surface area contributed by atoms with Crippen molar-refractivity contribution >= 4 is 29.2 Å². The number of aromatic carboxylic acids is 1. The topological polar surface area (TPSA) is 66.3 Å². The highest BCUT2D eigenvalue weighted by molar-refractivity contribution is 7.98. The molecule has 5 nitrogen and oxygen atoms in total. The summed E-state index contributed by atoms with van der Waals surface area (Å²) in [7, 11) is 0. The van der Waals surface area contributed by atoms with Gasteiger partial charge in [0.2, 0.25) is 0 Å². The summed E-state index contributed by atoms with van der Waals surface area (Å²) in [5.74, 6) is -0.0253. The lowest BCUT2D eigenvalue weighted by atomic mass is 10.1. The maximum Gasteiger partial charge on any atom is 0.335 e. The van der Waals surface area contributed by atoms with Gasteiger partial charge >= 0.3 is 5.97 Å². The third kappa shape index (κ3) is 2.54. The molecule has 2 aromatic rings. The number of benzene rings is 1. The van der Waals surface area contributed by atoms with Crippen LogP contribution in [0, 0.1) is 6.92 Å². The van der Waals surface area contributed by atoms with E-state index in [9.17, 15) is 4.79 Å². The predicted molar refractivity (Wildman–Crippen MR) is 87.3 cm³/mol. The van der Waals surface area contributed by atoms with Crippen LogP contribution in [-0.4, -0.2) is 33.3 Å². The Kier molecular flexibility index (Phi) is 3.78. The van der Waals surface area contributed by atoms with Gasteiger partial charge < -0.3 is 10.0 Å². The number of fused-ring (bicyclic) bond motifs is 1. The molecular formula is C16H17N3O2S. The Morgan fingerprint density at radius 2 is 2.14 bits per heavy atom. The number of carboxylic acid groups (broad SMARTS) is 1. The zero-order valence-electron chi connectivity index (χ0n) is 12.7. The van der Waals surface area contributed by atoms with Crippen molar-refractivity contribution in [1.82, 2.24) is 9.97 Å². The molecule has 0 bridgehead atoms. The largest absolute Gasteiger partial charge is 0.478 e. The van der Waals surface area contributed by atoms with Crippen LogP contribution < -0.4 is 4.90 Å². The zero-order valence-corrected chi connectivity index (χ0v) is 13.5. The number of rotatable bonds is 3. The Hall–Kier alpha value is -2.08. The van der Waals surface area contributed by atoms with Crippen molar-refractivity contribution in [1.29, 1.82) is 0 Å². The van der Waals surface area contributed by atoms with E-state index < -0.39 is 5.97 Å². The Balaban J connectivity index is 2.07. The van der Waals surface area contributed by atoms with E-state index in [1.807, 2.05) is 25.3 Å². The average molecular weight is 315 g/mol. The van der Waals surface area contributed by atoms with Gasteiger partial charge in [-0.2, -0.15) is 0 Å². The molecule has 2 heterocycles. The highest BCUT2D eigenvalue weighted by Gasteiger charge is 2.29. The van der Waals surface area contributed by atoms with Crippen molar-refractivity contribution in [2.45, 2.75) is 31.5 Å². The van der Waals surface area contributed by atoms with Crippen molar-refractivity contribution in [2.24, 2.45) is 0 Å². The molecule has 1 aromatic heterocycles. The van der Waals surface area contributed by atoms with Crippen molar-refractivity contribution in [3.63, 3.8) is 0 Å². The molecule has 1 aliphatic rings. The van der Waals surface area contributed by atoms with E-state index in [-0.39, 0.29) is 6.04 Å². The van der Waals surface area contributed by atoms with Gasteiger partial charge in [-0.15, -0.1) is 0 Å². The summed E-state index contributed by atoms with van der Waals surface area (Å²) in [5, 5.41) is 9.88. The third-order valence-corrected chi connectivity index (χ3v) is 4.34. The number of aromatic nitrogens is 2. The monoisotopic (exact) mass is 315 g/mol. The van der Waals surface area contributed by atoms with E-state index in [2.05, 4.69) is 21.8 Å². The Morgan fingerprint density at radius 3 is 2.82 bits per heavy atom. The van der Waals surface area contributed by atoms with E-state index in [1.165, 1.54) is 11.8 Å². The number of anilines is 2. The molecule has 0 radical (unpaired) electrons. The summed E-state index contributed by atoms with van der Waals surface area (Å²) >= 11 is 1.52. The van der Waals surface area contributed by atoms with E-state index >= 15 is 0 Å². The maximum absolute atomic E-state index is 11.1. The second kappa shape index (κ2) is 5.61. The summed E-state index contributed by atoms with van der Waals surface area (Å²) in [6, 6.07) is 7.49. The molecule has 1 aliphatic heterocycles. The quantitative estimate of drug-likeness (QED) is 0.692. The number of carbonyl (C=O) groups is 1. The summed E-state index contributed by atoms with van der Waals surface area (Å²) in [5.41, 5.74) is 3.34. The molecule has 6 heteroatoms. The molecule has 0 spiro atoms. The van der Waals surface area contributed by atoms with Gasteiger partial charge in [-0.1, -0.05) is 11.8 Å². The van der Waals surface area contributed by atoms with E-state index in [4.69, 9.17) is 5.11 Å². The van der Waals surface area contributed by atoms with Gasteiger partial charge in [-0.3, -0.25) is 0 Å². The molecule has 0 fully saturated rings. The number of aryl methyl sites for hydroxylation is 1. The molecule has 114 valence electrons. The van der Waals surface area contributed by atoms with E-state index in [0.717, 1.165) is 34.3 Å². The van der Waals surface area contributed by atoms with Gasteiger partial charge in [0.1, 0.15) is 5.82 Å². The maximum atomic E-state index is 11.1. The number of nitrogens with zero attached hydrogens (tertiary/aromatic N) is 3. The first-order valence-corrected chi connectivity index (χ1v) is 8.27. The predicted octanol–water partition coefficient (Wildman–Crippen LogP) is 3.29. The second-order valence-corrected chi connectivity index (χ2v) is 6.20. The second-order valence-electron chi connectivity index (χ2n) is 5.43. The molecule has 3 rings (SSSR count). The molecule has 0 unspecified atom stereocenters. The minimum Gasteiger partial charge on any atom is -0.478 e. The number of carboxylic acids is 1. The molecule has 0 saturated heterocycles. The minimum atomic E-state index is -0.892. The first-order valence-electron chi connectivity index (χ1n) is 7.04. The molecule has 0 aliphatic carbocycles. The highest BCUT2D eigenvalue weighted by Crippen LogP contribution is 2.38. The lowest BCUT2D eigenvalue weighted by molar-refractivity contribution is 0.0697. The lowest BCUT2D eigenvalue weighted by Gasteiger charge is -2.24. The Bertz CT molecular complexity index is 748. The van der Waals surface area contributed by atoms with E-state index in [0.29, 0.717) is 5.56 Å². The van der Waals surface area contributed by atoms with Crippen LogP contribution in [0.5, 0.6) is 0 Å². The first kappa shape index (κ1) is 14.8. The van der Waals surface area contributed by atoms with E-state index in [1.54, 1.807) is 12.1 Å². The van der Waals surface area contributed by atoms with Gasteiger partial charge in [0, 0.05) is 23.5 Å². The standard InChI is InChI=1S/C16H17N3O2S/c1-9-6-14(18-16(17-9)22-3)19-10(2)7-12-8-11(15(20)21)4-5-13(12)19/h4-6,8,10H,7H2,1-3H3,(H,20,21)/t10-/m0/s1. The fraction of sp³-hybridized carbons (Fsp3) is 0.312. The molecule has 0 amide bonds. The van der Waals surface area contributed by atoms with Gasteiger partial charge in [0.15, 0.2) is 5.16 Å². The zero-order chi connectivity index (χ0) is 15.9. The van der Waals surface area contributed by atoms with Crippen LogP contribution in [-0.2, 0) is 6.42 Å². The van der Waals surface area contributed by atoms with Crippen molar-refractivity contribution in [2.75, 3.05) is 11.2 Å². The summed E-state index contributed by atoms with van der Waals surface area (Å²) in [6.07, 6.45) is 2.77. The Morgan fingerprint density at radius 1 is 1.36 bits per heavy atom. The molecule has 22 heavy (non-hydrogen) atoms. The third-order valence-electron chi connectivity index (χ3n) is 3.79. The summed E-state index contributed by atoms with van der Waals surface area (Å²) in [4.78, 5) is 22.3. The van der Waals surface area contributed by atoms with Gasteiger partial charge in [0.25, 0.3) is 0 Å². The summed E-state index contributed by atoms with van der Waals surface area (Å²) in [6.45, 7) is 4.08. The minimum absolute atomic E-state index is 0.239. The molecule has 1 N–H and O–H groups in total. The fourth-order valence-electron chi connectivity index (χ4n) is 2.85. The molecular weight excluding hydrogens is 298 g/mol. The van der Waals surface area contributed by atoms with Crippen LogP contribution in [0.3, 0.4) is 0 Å². The summed E-state index contributed by atoms with van der Waals surface area (Å²) < 4.78 is 0. The van der Waals surface area contributed by atoms with Crippen LogP contribution in [0.1, 0.15) is 28.5 Å². The highest BCUT2D eigenvalue weighted by atomic mass is 32.2. The van der Waals surface area contributed by atoms with Gasteiger partial charge in [-0.05, 0) is 50.3 Å². The van der Waals surface area contributed by atoms with Gasteiger partial charge in [0.05, 0.1) is 5.56 Å². The average Bonchev–Trinajstić information content (AvgIpc) is 2.81. The van der Waals surface area contributed by atoms with Crippen molar-refractivity contribution in [3.05, 3.63) is 41.1 Å². The van der Waals surface area contributed by atoms with Crippen molar-refractivity contribution < 1.29 is 9.90 Å². The number of thioether (sulfide) groups is 1. The smallest absolute Gasteiger partial charge is 0.335 e. The fourth-order valence-corrected chi connectivity index (χ4v) is 3.27. The van der Waals surface area contributed by atoms with Crippen LogP contribution in [0.25, 0.3) is 0 Å². The molecule has 0 saturated carbocycles. The Labute approximate surface area is 133 Å². The van der Waals surface area contributed by atoms with Crippen molar-refractivity contribution in [3.8, 4) is 0 Å². The lowest BCUT2D eigenvalue weighted by Crippen LogP contribution is -2.25. The van der Waals surface area contributed by atoms with Crippen LogP contribution in [0.15, 0.2) is 29.4 Å². The molecule has 1 aromatic carbocycles. The SMILES string of the molecule is CSc1nc(C)cc(N2c3ccc(C(=O)O)cc3C[C@@H]2C)n1. The normalized spacial score (nSPS) is 16.7. The number of hydrogen-bond donors (Lipinski definition) is 1. The van der Waals surface area contributed by atoms with Crippen LogP contribution in [0.2, 0.25) is 0 Å².